The Kier molecular flexibility index (Phi) is 4.51. The van der Waals surface area contributed by atoms with Gasteiger partial charge in [0.1, 0.15) is 0 Å². The SMILES string of the molecule is C/C=C(\C)CCCCN1CC(C)C1. The minimum atomic E-state index is 0.956. The fraction of sp³-hybridized carbons (Fsp3) is 0.833. The molecule has 1 nitrogen and oxygen atoms in total. The molecule has 0 aromatic rings. The summed E-state index contributed by atoms with van der Waals surface area (Å²) < 4.78 is 0. The first-order chi connectivity index (χ1) is 6.22. The molecule has 0 bridgehead atoms. The average Bonchev–Trinajstić information content (AvgIpc) is 2.08. The van der Waals surface area contributed by atoms with Gasteiger partial charge in [-0.2, -0.15) is 0 Å². The van der Waals surface area contributed by atoms with E-state index in [1.165, 1.54) is 44.5 Å². The zero-order chi connectivity index (χ0) is 9.68. The summed E-state index contributed by atoms with van der Waals surface area (Å²) >= 11 is 0. The molecule has 0 N–H and O–H groups in total. The first-order valence-corrected chi connectivity index (χ1v) is 5.56. The molecule has 1 rings (SSSR count). The van der Waals surface area contributed by atoms with Crippen LogP contribution in [-0.4, -0.2) is 24.5 Å². The Hall–Kier alpha value is -0.300. The van der Waals surface area contributed by atoms with Crippen LogP contribution >= 0.6 is 0 Å². The van der Waals surface area contributed by atoms with E-state index in [2.05, 4.69) is 31.7 Å². The Morgan fingerprint density at radius 3 is 2.62 bits per heavy atom. The number of hydrogen-bond donors (Lipinski definition) is 0. The first-order valence-electron chi connectivity index (χ1n) is 5.56. The summed E-state index contributed by atoms with van der Waals surface area (Å²) in [5.74, 6) is 0.956. The Balaban J connectivity index is 1.90. The topological polar surface area (TPSA) is 3.24 Å². The quantitative estimate of drug-likeness (QED) is 0.465. The van der Waals surface area contributed by atoms with Crippen molar-refractivity contribution in [2.24, 2.45) is 5.92 Å². The molecule has 0 unspecified atom stereocenters. The minimum Gasteiger partial charge on any atom is -0.303 e. The summed E-state index contributed by atoms with van der Waals surface area (Å²) in [5.41, 5.74) is 1.54. The van der Waals surface area contributed by atoms with Gasteiger partial charge in [0.25, 0.3) is 0 Å². The standard InChI is InChI=1S/C12H23N/c1-4-11(2)7-5-6-8-13-9-12(3)10-13/h4,12H,5-10H2,1-3H3/b11-4+. The Morgan fingerprint density at radius 1 is 1.38 bits per heavy atom. The number of allylic oxidation sites excluding steroid dienone is 2. The van der Waals surface area contributed by atoms with Gasteiger partial charge < -0.3 is 4.90 Å². The minimum absolute atomic E-state index is 0.956. The summed E-state index contributed by atoms with van der Waals surface area (Å²) in [6.45, 7) is 10.7. The Labute approximate surface area is 82.8 Å². The molecule has 0 amide bonds. The van der Waals surface area contributed by atoms with E-state index in [1.807, 2.05) is 0 Å². The van der Waals surface area contributed by atoms with Crippen molar-refractivity contribution in [1.82, 2.24) is 4.90 Å². The smallest absolute Gasteiger partial charge is 0.00194 e. The van der Waals surface area contributed by atoms with Crippen LogP contribution in [0, 0.1) is 5.92 Å². The highest BCUT2D eigenvalue weighted by molar-refractivity contribution is 4.94. The van der Waals surface area contributed by atoms with E-state index in [0.717, 1.165) is 5.92 Å². The number of nitrogens with zero attached hydrogens (tertiary/aromatic N) is 1. The number of rotatable bonds is 5. The second-order valence-corrected chi connectivity index (χ2v) is 4.46. The lowest BCUT2D eigenvalue weighted by molar-refractivity contribution is 0.111. The van der Waals surface area contributed by atoms with Crippen LogP contribution in [0.1, 0.15) is 40.0 Å². The van der Waals surface area contributed by atoms with E-state index in [1.54, 1.807) is 0 Å². The van der Waals surface area contributed by atoms with Crippen molar-refractivity contribution in [1.29, 1.82) is 0 Å². The van der Waals surface area contributed by atoms with E-state index in [0.29, 0.717) is 0 Å². The zero-order valence-corrected chi connectivity index (χ0v) is 9.34. The van der Waals surface area contributed by atoms with Gasteiger partial charge in [-0.25, -0.2) is 0 Å². The fourth-order valence-electron chi connectivity index (χ4n) is 1.89. The molecule has 1 saturated heterocycles. The summed E-state index contributed by atoms with van der Waals surface area (Å²) in [5, 5.41) is 0. The van der Waals surface area contributed by atoms with Crippen molar-refractivity contribution < 1.29 is 0 Å². The molecule has 0 atom stereocenters. The van der Waals surface area contributed by atoms with E-state index in [-0.39, 0.29) is 0 Å². The molecule has 0 aromatic heterocycles. The maximum Gasteiger partial charge on any atom is 0.00194 e. The molecule has 1 heteroatoms. The van der Waals surface area contributed by atoms with Gasteiger partial charge in [-0.15, -0.1) is 0 Å². The molecule has 0 aromatic carbocycles. The van der Waals surface area contributed by atoms with Gasteiger partial charge >= 0.3 is 0 Å². The van der Waals surface area contributed by atoms with Crippen molar-refractivity contribution in [3.63, 3.8) is 0 Å². The lowest BCUT2D eigenvalue weighted by atomic mass is 10.0. The summed E-state index contributed by atoms with van der Waals surface area (Å²) in [7, 11) is 0. The fourth-order valence-corrected chi connectivity index (χ4v) is 1.89. The largest absolute Gasteiger partial charge is 0.303 e. The summed E-state index contributed by atoms with van der Waals surface area (Å²) in [6.07, 6.45) is 6.25. The molecule has 13 heavy (non-hydrogen) atoms. The van der Waals surface area contributed by atoms with Crippen LogP contribution < -0.4 is 0 Å². The third-order valence-electron chi connectivity index (χ3n) is 2.93. The van der Waals surface area contributed by atoms with Gasteiger partial charge in [-0.05, 0) is 45.6 Å². The molecule has 1 aliphatic heterocycles. The van der Waals surface area contributed by atoms with Crippen LogP contribution in [0.5, 0.6) is 0 Å². The molecular formula is C12H23N. The van der Waals surface area contributed by atoms with Crippen LogP contribution in [0.4, 0.5) is 0 Å². The lowest BCUT2D eigenvalue weighted by Gasteiger charge is -2.37. The second-order valence-electron chi connectivity index (χ2n) is 4.46. The molecular weight excluding hydrogens is 158 g/mol. The Bertz CT molecular complexity index is 166. The average molecular weight is 181 g/mol. The van der Waals surface area contributed by atoms with E-state index in [4.69, 9.17) is 0 Å². The monoisotopic (exact) mass is 181 g/mol. The number of likely N-dealkylation sites (tertiary alicyclic amines) is 1. The molecule has 1 fully saturated rings. The van der Waals surface area contributed by atoms with Crippen molar-refractivity contribution in [3.05, 3.63) is 11.6 Å². The van der Waals surface area contributed by atoms with Crippen molar-refractivity contribution in [2.45, 2.75) is 40.0 Å². The van der Waals surface area contributed by atoms with Gasteiger partial charge in [0, 0.05) is 13.1 Å². The molecule has 76 valence electrons. The van der Waals surface area contributed by atoms with Gasteiger partial charge in [0.2, 0.25) is 0 Å². The molecule has 1 aliphatic rings. The van der Waals surface area contributed by atoms with Crippen LogP contribution in [0.3, 0.4) is 0 Å². The molecule has 1 heterocycles. The second kappa shape index (κ2) is 5.43. The third-order valence-corrected chi connectivity index (χ3v) is 2.93. The normalized spacial score (nSPS) is 20.4. The third kappa shape index (κ3) is 3.95. The van der Waals surface area contributed by atoms with Crippen LogP contribution in [0.15, 0.2) is 11.6 Å². The Morgan fingerprint density at radius 2 is 2.08 bits per heavy atom. The molecule has 0 radical (unpaired) electrons. The van der Waals surface area contributed by atoms with Gasteiger partial charge in [0.05, 0.1) is 0 Å². The van der Waals surface area contributed by atoms with E-state index < -0.39 is 0 Å². The van der Waals surface area contributed by atoms with E-state index in [9.17, 15) is 0 Å². The van der Waals surface area contributed by atoms with Crippen LogP contribution in [0.2, 0.25) is 0 Å². The highest BCUT2D eigenvalue weighted by Crippen LogP contribution is 2.15. The molecule has 0 saturated carbocycles. The van der Waals surface area contributed by atoms with Crippen molar-refractivity contribution >= 4 is 0 Å². The van der Waals surface area contributed by atoms with Crippen molar-refractivity contribution in [2.75, 3.05) is 19.6 Å². The molecule has 0 spiro atoms. The number of hydrogen-bond acceptors (Lipinski definition) is 1. The predicted octanol–water partition coefficient (Wildman–Crippen LogP) is 3.07. The van der Waals surface area contributed by atoms with Crippen LogP contribution in [0.25, 0.3) is 0 Å². The van der Waals surface area contributed by atoms with Gasteiger partial charge in [-0.1, -0.05) is 18.6 Å². The predicted molar refractivity (Wildman–Crippen MR) is 58.9 cm³/mol. The highest BCUT2D eigenvalue weighted by Gasteiger charge is 2.20. The highest BCUT2D eigenvalue weighted by atomic mass is 15.2. The lowest BCUT2D eigenvalue weighted by Crippen LogP contribution is -2.45. The molecule has 0 aliphatic carbocycles. The van der Waals surface area contributed by atoms with Gasteiger partial charge in [0.15, 0.2) is 0 Å². The summed E-state index contributed by atoms with van der Waals surface area (Å²) in [6, 6.07) is 0. The van der Waals surface area contributed by atoms with E-state index >= 15 is 0 Å². The maximum atomic E-state index is 2.57. The van der Waals surface area contributed by atoms with Gasteiger partial charge in [-0.3, -0.25) is 0 Å². The zero-order valence-electron chi connectivity index (χ0n) is 9.34. The van der Waals surface area contributed by atoms with Crippen LogP contribution in [-0.2, 0) is 0 Å². The first kappa shape index (κ1) is 10.8. The van der Waals surface area contributed by atoms with Crippen molar-refractivity contribution in [3.8, 4) is 0 Å². The number of unbranched alkanes of at least 4 members (excludes halogenated alkanes) is 1. The maximum absolute atomic E-state index is 2.57. The summed E-state index contributed by atoms with van der Waals surface area (Å²) in [4.78, 5) is 2.57.